The highest BCUT2D eigenvalue weighted by Crippen LogP contribution is 2.45. The van der Waals surface area contributed by atoms with Crippen LogP contribution in [0.3, 0.4) is 0 Å². The first-order chi connectivity index (χ1) is 28.2. The zero-order chi connectivity index (χ0) is 37.5. The molecule has 0 N–H and O–H groups in total. The van der Waals surface area contributed by atoms with Crippen LogP contribution in [0.15, 0.2) is 186 Å². The Labute approximate surface area is 330 Å². The fraction of sp³-hybridized carbons (Fsp3) is 0. The molecule has 6 heteroatoms. The second-order valence-electron chi connectivity index (χ2n) is 14.4. The summed E-state index contributed by atoms with van der Waals surface area (Å²) >= 11 is 1.78. The van der Waals surface area contributed by atoms with Gasteiger partial charge in [0, 0.05) is 58.7 Å². The second-order valence-corrected chi connectivity index (χ2v) is 15.4. The Kier molecular flexibility index (Phi) is 7.03. The van der Waals surface area contributed by atoms with Crippen molar-refractivity contribution in [2.75, 3.05) is 0 Å². The number of hydrogen-bond acceptors (Lipinski definition) is 5. The van der Waals surface area contributed by atoms with Crippen LogP contribution >= 0.6 is 11.3 Å². The smallest absolute Gasteiger partial charge is 0.165 e. The van der Waals surface area contributed by atoms with Gasteiger partial charge >= 0.3 is 0 Å². The van der Waals surface area contributed by atoms with Crippen LogP contribution in [-0.4, -0.2) is 19.5 Å². The van der Waals surface area contributed by atoms with Crippen LogP contribution < -0.4 is 0 Å². The Bertz CT molecular complexity index is 3530. The largest absolute Gasteiger partial charge is 0.456 e. The SMILES string of the molecule is c1ccc(-c2cccc(-c3nc(-c4ccccc4)nc(-c4cc(-n5c6ccccc6c6ccc7oc8ccccc8c7c65)cc5c4sc4ccccc45)n3)c2)cc1. The van der Waals surface area contributed by atoms with Gasteiger partial charge in [-0.1, -0.05) is 133 Å². The molecule has 0 saturated carbocycles. The third-order valence-corrected chi connectivity index (χ3v) is 12.3. The van der Waals surface area contributed by atoms with Crippen molar-refractivity contribution in [3.63, 3.8) is 0 Å². The van der Waals surface area contributed by atoms with Crippen LogP contribution in [0.25, 0.3) is 115 Å². The summed E-state index contributed by atoms with van der Waals surface area (Å²) in [6.07, 6.45) is 0. The quantitative estimate of drug-likeness (QED) is 0.176. The normalized spacial score (nSPS) is 11.9. The van der Waals surface area contributed by atoms with Gasteiger partial charge in [-0.15, -0.1) is 11.3 Å². The van der Waals surface area contributed by atoms with Gasteiger partial charge in [0.1, 0.15) is 11.2 Å². The van der Waals surface area contributed by atoms with E-state index < -0.39 is 0 Å². The predicted molar refractivity (Wildman–Crippen MR) is 236 cm³/mol. The summed E-state index contributed by atoms with van der Waals surface area (Å²) in [5.74, 6) is 1.88. The molecule has 0 spiro atoms. The maximum Gasteiger partial charge on any atom is 0.165 e. The van der Waals surface area contributed by atoms with E-state index in [0.29, 0.717) is 17.5 Å². The summed E-state index contributed by atoms with van der Waals surface area (Å²) in [5, 5.41) is 6.91. The average Bonchev–Trinajstić information content (AvgIpc) is 3.96. The molecule has 0 atom stereocenters. The summed E-state index contributed by atoms with van der Waals surface area (Å²) in [7, 11) is 0. The topological polar surface area (TPSA) is 56.7 Å². The van der Waals surface area contributed by atoms with E-state index in [1.165, 1.54) is 20.9 Å². The summed E-state index contributed by atoms with van der Waals surface area (Å²) in [6, 6.07) is 63.7. The number of benzene rings is 8. The summed E-state index contributed by atoms with van der Waals surface area (Å²) in [4.78, 5) is 15.8. The number of fused-ring (bicyclic) bond motifs is 10. The van der Waals surface area contributed by atoms with Crippen molar-refractivity contribution in [1.82, 2.24) is 19.5 Å². The van der Waals surface area contributed by atoms with Crippen LogP contribution in [0.4, 0.5) is 0 Å². The molecule has 0 aliphatic heterocycles. The lowest BCUT2D eigenvalue weighted by Crippen LogP contribution is -2.01. The number of hydrogen-bond donors (Lipinski definition) is 0. The van der Waals surface area contributed by atoms with Gasteiger partial charge in [0.25, 0.3) is 0 Å². The zero-order valence-electron chi connectivity index (χ0n) is 30.4. The Morgan fingerprint density at radius 2 is 1.07 bits per heavy atom. The van der Waals surface area contributed by atoms with Crippen LogP contribution in [0, 0.1) is 0 Å². The summed E-state index contributed by atoms with van der Waals surface area (Å²) < 4.78 is 11.2. The number of para-hydroxylation sites is 2. The number of rotatable bonds is 5. The van der Waals surface area contributed by atoms with Crippen molar-refractivity contribution < 1.29 is 4.42 Å². The van der Waals surface area contributed by atoms with Gasteiger partial charge in [-0.05, 0) is 59.7 Å². The molecule has 5 nitrogen and oxygen atoms in total. The molecular formula is C51H30N4OS. The molecule has 0 radical (unpaired) electrons. The van der Waals surface area contributed by atoms with Crippen LogP contribution in [0.1, 0.15) is 0 Å². The first kappa shape index (κ1) is 31.9. The molecule has 57 heavy (non-hydrogen) atoms. The molecule has 4 heterocycles. The molecular weight excluding hydrogens is 717 g/mol. The standard InChI is InChI=1S/C51H30N4OS/c1-3-14-31(15-4-1)33-18-13-19-34(28-33)50-52-49(32-16-5-2-6-17-32)53-51(54-50)41-30-35(29-40-37-21-9-12-25-45(37)57-48(40)41)55-42-23-10-7-20-36(42)38-26-27-44-46(47(38)55)39-22-8-11-24-43(39)56-44/h1-30H. The molecule has 266 valence electrons. The Hall–Kier alpha value is -7.41. The van der Waals surface area contributed by atoms with Gasteiger partial charge in [0.05, 0.1) is 16.4 Å². The van der Waals surface area contributed by atoms with Crippen LogP contribution in [-0.2, 0) is 0 Å². The molecule has 0 aliphatic carbocycles. The van der Waals surface area contributed by atoms with Crippen molar-refractivity contribution in [3.05, 3.63) is 182 Å². The molecule has 8 aromatic carbocycles. The predicted octanol–water partition coefficient (Wildman–Crippen LogP) is 13.9. The van der Waals surface area contributed by atoms with E-state index >= 15 is 0 Å². The minimum Gasteiger partial charge on any atom is -0.456 e. The first-order valence-corrected chi connectivity index (χ1v) is 19.8. The maximum atomic E-state index is 6.46. The van der Waals surface area contributed by atoms with E-state index in [1.807, 2.05) is 36.4 Å². The van der Waals surface area contributed by atoms with E-state index in [0.717, 1.165) is 76.6 Å². The number of aromatic nitrogens is 4. The van der Waals surface area contributed by atoms with E-state index in [2.05, 4.69) is 150 Å². The fourth-order valence-corrected chi connectivity index (χ4v) is 9.64. The van der Waals surface area contributed by atoms with Gasteiger partial charge in [0.2, 0.25) is 0 Å². The highest BCUT2D eigenvalue weighted by Gasteiger charge is 2.23. The van der Waals surface area contributed by atoms with Crippen molar-refractivity contribution in [3.8, 4) is 51.0 Å². The molecule has 0 bridgehead atoms. The van der Waals surface area contributed by atoms with E-state index in [1.54, 1.807) is 11.3 Å². The third-order valence-electron chi connectivity index (χ3n) is 11.0. The molecule has 0 saturated heterocycles. The lowest BCUT2D eigenvalue weighted by molar-refractivity contribution is 0.669. The number of nitrogens with zero attached hydrogens (tertiary/aromatic N) is 4. The molecule has 12 rings (SSSR count). The van der Waals surface area contributed by atoms with Gasteiger partial charge < -0.3 is 8.98 Å². The maximum absolute atomic E-state index is 6.46. The lowest BCUT2D eigenvalue weighted by atomic mass is 10.0. The summed E-state index contributed by atoms with van der Waals surface area (Å²) in [6.45, 7) is 0. The van der Waals surface area contributed by atoms with E-state index in [4.69, 9.17) is 19.4 Å². The molecule has 0 aliphatic rings. The minimum atomic E-state index is 0.625. The average molecular weight is 747 g/mol. The van der Waals surface area contributed by atoms with Crippen LogP contribution in [0.2, 0.25) is 0 Å². The highest BCUT2D eigenvalue weighted by atomic mass is 32.1. The zero-order valence-corrected chi connectivity index (χ0v) is 31.2. The lowest BCUT2D eigenvalue weighted by Gasteiger charge is -2.14. The Morgan fingerprint density at radius 3 is 1.91 bits per heavy atom. The van der Waals surface area contributed by atoms with Gasteiger partial charge in [0.15, 0.2) is 17.5 Å². The number of thiophene rings is 1. The monoisotopic (exact) mass is 746 g/mol. The molecule has 0 fully saturated rings. The minimum absolute atomic E-state index is 0.625. The van der Waals surface area contributed by atoms with Gasteiger partial charge in [-0.3, -0.25) is 0 Å². The van der Waals surface area contributed by atoms with Gasteiger partial charge in [-0.25, -0.2) is 15.0 Å². The first-order valence-electron chi connectivity index (χ1n) is 19.0. The van der Waals surface area contributed by atoms with Crippen molar-refractivity contribution in [2.24, 2.45) is 0 Å². The highest BCUT2D eigenvalue weighted by molar-refractivity contribution is 7.26. The van der Waals surface area contributed by atoms with E-state index in [9.17, 15) is 0 Å². The van der Waals surface area contributed by atoms with Gasteiger partial charge in [-0.2, -0.15) is 0 Å². The molecule has 12 aromatic rings. The van der Waals surface area contributed by atoms with Crippen molar-refractivity contribution in [2.45, 2.75) is 0 Å². The molecule has 0 unspecified atom stereocenters. The van der Waals surface area contributed by atoms with E-state index in [-0.39, 0.29) is 0 Å². The fourth-order valence-electron chi connectivity index (χ4n) is 8.45. The summed E-state index contributed by atoms with van der Waals surface area (Å²) in [5.41, 5.74) is 10.1. The van der Waals surface area contributed by atoms with Crippen molar-refractivity contribution in [1.29, 1.82) is 0 Å². The van der Waals surface area contributed by atoms with Crippen molar-refractivity contribution >= 4 is 75.3 Å². The molecule has 4 aromatic heterocycles. The third kappa shape index (κ3) is 5.04. The Morgan fingerprint density at radius 1 is 0.421 bits per heavy atom. The van der Waals surface area contributed by atoms with Crippen LogP contribution in [0.5, 0.6) is 0 Å². The molecule has 0 amide bonds. The number of furan rings is 1. The Balaban J connectivity index is 1.18. The second kappa shape index (κ2) is 12.6.